The third kappa shape index (κ3) is 16.6. The molecule has 4 atom stereocenters. The zero-order chi connectivity index (χ0) is 28.2. The first kappa shape index (κ1) is 34.2. The van der Waals surface area contributed by atoms with Crippen LogP contribution in [0.15, 0.2) is 0 Å². The van der Waals surface area contributed by atoms with E-state index in [4.69, 9.17) is 28.3 Å². The van der Waals surface area contributed by atoms with E-state index in [1.165, 1.54) is 0 Å². The van der Waals surface area contributed by atoms with Crippen LogP contribution in [-0.4, -0.2) is 73.8 Å². The van der Waals surface area contributed by atoms with Crippen LogP contribution in [0, 0.1) is 11.3 Å². The van der Waals surface area contributed by atoms with Gasteiger partial charge in [-0.2, -0.15) is 0 Å². The molecule has 13 heteroatoms. The third-order valence-electron chi connectivity index (χ3n) is 5.67. The van der Waals surface area contributed by atoms with E-state index >= 15 is 0 Å². The maximum atomic E-state index is 13.2. The van der Waals surface area contributed by atoms with Gasteiger partial charge in [0, 0.05) is 6.54 Å². The Balaban J connectivity index is 5.41. The number of unbranched alkanes of at least 4 members (excludes halogenated alkanes) is 2. The maximum Gasteiger partial charge on any atom is 0.243 e. The first-order valence-electron chi connectivity index (χ1n) is 13.1. The van der Waals surface area contributed by atoms with Crippen molar-refractivity contribution in [1.29, 1.82) is 5.41 Å². The van der Waals surface area contributed by atoms with Crippen LogP contribution < -0.4 is 44.2 Å². The highest BCUT2D eigenvalue weighted by Gasteiger charge is 2.29. The number of hydrogen-bond donors (Lipinski definition) is 9. The molecule has 13 nitrogen and oxygen atoms in total. The summed E-state index contributed by atoms with van der Waals surface area (Å²) in [5, 5.41) is 18.0. The molecule has 0 aliphatic rings. The summed E-state index contributed by atoms with van der Waals surface area (Å²) in [5.74, 6) is -1.63. The zero-order valence-corrected chi connectivity index (χ0v) is 22.3. The van der Waals surface area contributed by atoms with Crippen LogP contribution in [0.4, 0.5) is 0 Å². The first-order chi connectivity index (χ1) is 17.5. The standard InChI is InChI=1S/C24H48N9O4/c1-16(2)14-20(33-21(35)18(27)9-4-6-12-26)23(37)32-19(10-7-13-30-24(28)29)22(36)31-17(15-34)8-3-5-11-25/h16-20H,3-14,25-27H2,1-2H3,(H,31,36)(H,32,37)(H,33,35)(H4,28,29,30)/t17-,18-,19-,20-/m0/s1. The summed E-state index contributed by atoms with van der Waals surface area (Å²) >= 11 is 0. The molecule has 1 radical (unpaired) electrons. The van der Waals surface area contributed by atoms with E-state index in [9.17, 15) is 19.2 Å². The van der Waals surface area contributed by atoms with Crippen molar-refractivity contribution in [1.82, 2.24) is 21.3 Å². The summed E-state index contributed by atoms with van der Waals surface area (Å²) in [5.41, 5.74) is 22.3. The van der Waals surface area contributed by atoms with Gasteiger partial charge in [-0.25, -0.2) is 0 Å². The van der Waals surface area contributed by atoms with Crippen molar-refractivity contribution in [2.75, 3.05) is 19.6 Å². The average Bonchev–Trinajstić information content (AvgIpc) is 2.84. The summed E-state index contributed by atoms with van der Waals surface area (Å²) < 4.78 is 0. The molecule has 0 saturated carbocycles. The van der Waals surface area contributed by atoms with E-state index in [-0.39, 0.29) is 18.3 Å². The molecule has 0 aromatic heterocycles. The van der Waals surface area contributed by atoms with Gasteiger partial charge in [0.05, 0.1) is 12.1 Å². The third-order valence-corrected chi connectivity index (χ3v) is 5.67. The van der Waals surface area contributed by atoms with Gasteiger partial charge in [-0.3, -0.25) is 24.6 Å². The van der Waals surface area contributed by atoms with Crippen LogP contribution in [0.5, 0.6) is 0 Å². The van der Waals surface area contributed by atoms with Crippen molar-refractivity contribution in [2.45, 2.75) is 95.8 Å². The molecule has 37 heavy (non-hydrogen) atoms. The van der Waals surface area contributed by atoms with Gasteiger partial charge in [-0.05, 0) is 70.4 Å². The van der Waals surface area contributed by atoms with E-state index in [1.807, 2.05) is 20.1 Å². The van der Waals surface area contributed by atoms with Gasteiger partial charge in [0.25, 0.3) is 0 Å². The highest BCUT2D eigenvalue weighted by molar-refractivity contribution is 5.93. The SMILES string of the molecule is CC(C)C[C@H](NC(=O)[C@@H](N)CCCCN)C(=O)N[C@@H](CCCNC(=N)N)C(=O)N[C@H]([C]=O)CCCCN. The van der Waals surface area contributed by atoms with E-state index in [1.54, 1.807) is 0 Å². The quantitative estimate of drug-likeness (QED) is 0.0476. The van der Waals surface area contributed by atoms with Gasteiger partial charge >= 0.3 is 0 Å². The van der Waals surface area contributed by atoms with Crippen molar-refractivity contribution in [3.8, 4) is 0 Å². The second kappa shape index (κ2) is 20.3. The molecule has 0 fully saturated rings. The number of guanidine groups is 1. The Morgan fingerprint density at radius 2 is 1.38 bits per heavy atom. The molecule has 0 unspecified atom stereocenters. The summed E-state index contributed by atoms with van der Waals surface area (Å²) in [6.07, 6.45) is 6.41. The van der Waals surface area contributed by atoms with Gasteiger partial charge in [0.1, 0.15) is 12.1 Å². The summed E-state index contributed by atoms with van der Waals surface area (Å²) in [4.78, 5) is 50.2. The number of carbonyl (C=O) groups excluding carboxylic acids is 4. The summed E-state index contributed by atoms with van der Waals surface area (Å²) in [6, 6.07) is -3.47. The minimum atomic E-state index is -0.976. The molecule has 0 heterocycles. The Morgan fingerprint density at radius 1 is 0.811 bits per heavy atom. The second-order valence-electron chi connectivity index (χ2n) is 9.59. The molecular weight excluding hydrogens is 478 g/mol. The van der Waals surface area contributed by atoms with Crippen molar-refractivity contribution >= 4 is 30.0 Å². The molecule has 0 rings (SSSR count). The average molecular weight is 527 g/mol. The Bertz CT molecular complexity index is 706. The van der Waals surface area contributed by atoms with E-state index in [2.05, 4.69) is 21.3 Å². The Morgan fingerprint density at radius 3 is 1.92 bits per heavy atom. The second-order valence-corrected chi connectivity index (χ2v) is 9.59. The Labute approximate surface area is 220 Å². The number of amides is 3. The summed E-state index contributed by atoms with van der Waals surface area (Å²) in [6.45, 7) is 5.13. The smallest absolute Gasteiger partial charge is 0.243 e. The zero-order valence-electron chi connectivity index (χ0n) is 22.3. The van der Waals surface area contributed by atoms with Crippen LogP contribution in [-0.2, 0) is 19.2 Å². The minimum absolute atomic E-state index is 0.0770. The molecule has 13 N–H and O–H groups in total. The molecular formula is C24H48N9O4. The highest BCUT2D eigenvalue weighted by Crippen LogP contribution is 2.09. The first-order valence-corrected chi connectivity index (χ1v) is 13.1. The molecule has 0 aliphatic carbocycles. The largest absolute Gasteiger partial charge is 0.370 e. The molecule has 0 aromatic rings. The fourth-order valence-corrected chi connectivity index (χ4v) is 3.62. The topological polar surface area (TPSA) is 244 Å². The lowest BCUT2D eigenvalue weighted by atomic mass is 10.0. The van der Waals surface area contributed by atoms with Crippen LogP contribution in [0.2, 0.25) is 0 Å². The van der Waals surface area contributed by atoms with Crippen LogP contribution in [0.3, 0.4) is 0 Å². The molecule has 0 spiro atoms. The number of nitrogens with one attached hydrogen (secondary N) is 5. The predicted molar refractivity (Wildman–Crippen MR) is 144 cm³/mol. The molecule has 0 saturated heterocycles. The van der Waals surface area contributed by atoms with E-state index in [0.717, 1.165) is 6.42 Å². The van der Waals surface area contributed by atoms with Crippen LogP contribution in [0.25, 0.3) is 0 Å². The fourth-order valence-electron chi connectivity index (χ4n) is 3.62. The number of nitrogens with two attached hydrogens (primary N) is 4. The molecule has 0 aliphatic heterocycles. The van der Waals surface area contributed by atoms with E-state index < -0.39 is 41.9 Å². The van der Waals surface area contributed by atoms with Crippen LogP contribution >= 0.6 is 0 Å². The monoisotopic (exact) mass is 526 g/mol. The lowest BCUT2D eigenvalue weighted by Gasteiger charge is -2.26. The maximum absolute atomic E-state index is 13.2. The minimum Gasteiger partial charge on any atom is -0.370 e. The van der Waals surface area contributed by atoms with Gasteiger partial charge < -0.3 is 44.2 Å². The number of carbonyl (C=O) groups is 3. The van der Waals surface area contributed by atoms with Gasteiger partial charge in [0.2, 0.25) is 24.0 Å². The molecule has 213 valence electrons. The Hall–Kier alpha value is -2.77. The summed E-state index contributed by atoms with van der Waals surface area (Å²) in [7, 11) is 0. The van der Waals surface area contributed by atoms with Crippen molar-refractivity contribution < 1.29 is 19.2 Å². The fraction of sp³-hybridized carbons (Fsp3) is 0.792. The molecule has 3 amide bonds. The van der Waals surface area contributed by atoms with Crippen molar-refractivity contribution in [2.24, 2.45) is 28.9 Å². The van der Waals surface area contributed by atoms with Gasteiger partial charge in [-0.15, -0.1) is 0 Å². The van der Waals surface area contributed by atoms with Gasteiger partial charge in [-0.1, -0.05) is 20.3 Å². The lowest BCUT2D eigenvalue weighted by molar-refractivity contribution is -0.133. The van der Waals surface area contributed by atoms with E-state index in [0.29, 0.717) is 64.6 Å². The predicted octanol–water partition coefficient (Wildman–Crippen LogP) is -1.55. The van der Waals surface area contributed by atoms with Crippen LogP contribution in [0.1, 0.15) is 71.6 Å². The van der Waals surface area contributed by atoms with Crippen molar-refractivity contribution in [3.63, 3.8) is 0 Å². The lowest BCUT2D eigenvalue weighted by Crippen LogP contribution is -2.57. The molecule has 0 aromatic carbocycles. The van der Waals surface area contributed by atoms with Crippen molar-refractivity contribution in [3.05, 3.63) is 0 Å². The Kier molecular flexibility index (Phi) is 18.8. The molecule has 0 bridgehead atoms. The number of hydrogen-bond acceptors (Lipinski definition) is 8. The highest BCUT2D eigenvalue weighted by atomic mass is 16.2. The number of rotatable bonds is 21. The van der Waals surface area contributed by atoms with Gasteiger partial charge in [0.15, 0.2) is 5.96 Å². The normalized spacial score (nSPS) is 14.2.